The van der Waals surface area contributed by atoms with Crippen molar-refractivity contribution in [2.24, 2.45) is 5.92 Å². The minimum Gasteiger partial charge on any atom is -0.398 e. The molecule has 1 aliphatic rings. The Bertz CT molecular complexity index is 489. The SMILES string of the molecule is COCCN(C(=O)c1ccc(N)c(Cl)c1)C(C)C1CC1. The van der Waals surface area contributed by atoms with Crippen molar-refractivity contribution in [1.82, 2.24) is 4.90 Å². The summed E-state index contributed by atoms with van der Waals surface area (Å²) in [4.78, 5) is 14.5. The average molecular weight is 297 g/mol. The van der Waals surface area contributed by atoms with Gasteiger partial charge in [-0.3, -0.25) is 4.79 Å². The third-order valence-electron chi connectivity index (χ3n) is 3.84. The van der Waals surface area contributed by atoms with Crippen LogP contribution in [-0.4, -0.2) is 37.1 Å². The maximum absolute atomic E-state index is 12.7. The van der Waals surface area contributed by atoms with E-state index in [-0.39, 0.29) is 11.9 Å². The maximum atomic E-state index is 12.7. The van der Waals surface area contributed by atoms with Gasteiger partial charge in [-0.1, -0.05) is 11.6 Å². The van der Waals surface area contributed by atoms with Gasteiger partial charge in [-0.25, -0.2) is 0 Å². The number of anilines is 1. The summed E-state index contributed by atoms with van der Waals surface area (Å²) < 4.78 is 5.11. The second-order valence-corrected chi connectivity index (χ2v) is 5.71. The fourth-order valence-electron chi connectivity index (χ4n) is 2.34. The number of nitrogens with two attached hydrogens (primary N) is 1. The Morgan fingerprint density at radius 2 is 2.25 bits per heavy atom. The van der Waals surface area contributed by atoms with E-state index in [0.29, 0.717) is 35.3 Å². The zero-order chi connectivity index (χ0) is 14.7. The standard InChI is InChI=1S/C15H21ClN2O2/c1-10(11-3-4-11)18(7-8-20-2)15(19)12-5-6-14(17)13(16)9-12/h5-6,9-11H,3-4,7-8,17H2,1-2H3. The molecule has 0 spiro atoms. The number of methoxy groups -OCH3 is 1. The molecule has 1 aliphatic carbocycles. The third-order valence-corrected chi connectivity index (χ3v) is 4.17. The van der Waals surface area contributed by atoms with Gasteiger partial charge >= 0.3 is 0 Å². The first-order valence-corrected chi connectivity index (χ1v) is 7.27. The molecule has 2 rings (SSSR count). The predicted octanol–water partition coefficient (Wildman–Crippen LogP) is 2.81. The molecular formula is C15H21ClN2O2. The molecule has 1 amide bonds. The predicted molar refractivity (Wildman–Crippen MR) is 81.0 cm³/mol. The lowest BCUT2D eigenvalue weighted by atomic mass is 10.1. The molecule has 1 unspecified atom stereocenters. The molecule has 0 heterocycles. The van der Waals surface area contributed by atoms with Gasteiger partial charge in [0.15, 0.2) is 0 Å². The number of hydrogen-bond acceptors (Lipinski definition) is 3. The Labute approximate surface area is 124 Å². The van der Waals surface area contributed by atoms with E-state index in [2.05, 4.69) is 6.92 Å². The van der Waals surface area contributed by atoms with E-state index >= 15 is 0 Å². The normalized spacial score (nSPS) is 15.9. The molecule has 0 bridgehead atoms. The Hall–Kier alpha value is -1.26. The van der Waals surface area contributed by atoms with Gasteiger partial charge in [0.1, 0.15) is 0 Å². The first-order valence-electron chi connectivity index (χ1n) is 6.89. The molecule has 0 saturated heterocycles. The number of nitrogens with zero attached hydrogens (tertiary/aromatic N) is 1. The first-order chi connectivity index (χ1) is 9.54. The fourth-order valence-corrected chi connectivity index (χ4v) is 2.52. The maximum Gasteiger partial charge on any atom is 0.254 e. The summed E-state index contributed by atoms with van der Waals surface area (Å²) in [6.07, 6.45) is 2.39. The van der Waals surface area contributed by atoms with Crippen molar-refractivity contribution in [2.75, 3.05) is 26.0 Å². The van der Waals surface area contributed by atoms with Crippen molar-refractivity contribution in [3.63, 3.8) is 0 Å². The van der Waals surface area contributed by atoms with E-state index in [9.17, 15) is 4.79 Å². The summed E-state index contributed by atoms with van der Waals surface area (Å²) in [5.74, 6) is 0.600. The number of nitrogen functional groups attached to an aromatic ring is 1. The minimum atomic E-state index is -0.0108. The average Bonchev–Trinajstić information content (AvgIpc) is 3.26. The molecule has 1 aromatic rings. The zero-order valence-electron chi connectivity index (χ0n) is 11.9. The molecule has 110 valence electrons. The van der Waals surface area contributed by atoms with Crippen LogP contribution >= 0.6 is 11.6 Å². The van der Waals surface area contributed by atoms with E-state index in [1.807, 2.05) is 4.90 Å². The van der Waals surface area contributed by atoms with Gasteiger partial charge in [-0.2, -0.15) is 0 Å². The number of rotatable bonds is 6. The largest absolute Gasteiger partial charge is 0.398 e. The lowest BCUT2D eigenvalue weighted by Crippen LogP contribution is -2.42. The van der Waals surface area contributed by atoms with Crippen LogP contribution in [0.15, 0.2) is 18.2 Å². The molecule has 4 nitrogen and oxygen atoms in total. The van der Waals surface area contributed by atoms with Gasteiger partial charge in [-0.05, 0) is 43.9 Å². The van der Waals surface area contributed by atoms with Crippen LogP contribution < -0.4 is 5.73 Å². The topological polar surface area (TPSA) is 55.6 Å². The molecule has 1 atom stereocenters. The highest BCUT2D eigenvalue weighted by molar-refractivity contribution is 6.33. The number of amides is 1. The van der Waals surface area contributed by atoms with Crippen LogP contribution in [0.1, 0.15) is 30.1 Å². The van der Waals surface area contributed by atoms with Crippen LogP contribution in [0, 0.1) is 5.92 Å². The van der Waals surface area contributed by atoms with Crippen molar-refractivity contribution in [2.45, 2.75) is 25.8 Å². The van der Waals surface area contributed by atoms with Gasteiger partial charge in [0.2, 0.25) is 0 Å². The molecule has 20 heavy (non-hydrogen) atoms. The number of carbonyl (C=O) groups is 1. The summed E-state index contributed by atoms with van der Waals surface area (Å²) in [5, 5.41) is 0.418. The summed E-state index contributed by atoms with van der Waals surface area (Å²) in [7, 11) is 1.64. The van der Waals surface area contributed by atoms with E-state index in [4.69, 9.17) is 22.1 Å². The van der Waals surface area contributed by atoms with Gasteiger partial charge in [0.25, 0.3) is 5.91 Å². The fraction of sp³-hybridized carbons (Fsp3) is 0.533. The zero-order valence-corrected chi connectivity index (χ0v) is 12.7. The number of benzene rings is 1. The van der Waals surface area contributed by atoms with Gasteiger partial charge in [-0.15, -0.1) is 0 Å². The van der Waals surface area contributed by atoms with Gasteiger partial charge in [0, 0.05) is 25.3 Å². The van der Waals surface area contributed by atoms with Gasteiger partial charge < -0.3 is 15.4 Å². The van der Waals surface area contributed by atoms with Crippen LogP contribution in [0.5, 0.6) is 0 Å². The van der Waals surface area contributed by atoms with Crippen molar-refractivity contribution < 1.29 is 9.53 Å². The molecular weight excluding hydrogens is 276 g/mol. The summed E-state index contributed by atoms with van der Waals surface area (Å²) in [5.41, 5.74) is 6.75. The highest BCUT2D eigenvalue weighted by Gasteiger charge is 2.34. The van der Waals surface area contributed by atoms with Crippen LogP contribution in [0.3, 0.4) is 0 Å². The Kier molecular flexibility index (Phi) is 4.89. The highest BCUT2D eigenvalue weighted by atomic mass is 35.5. The lowest BCUT2D eigenvalue weighted by Gasteiger charge is -2.29. The Morgan fingerprint density at radius 3 is 2.80 bits per heavy atom. The number of ether oxygens (including phenoxy) is 1. The number of carbonyl (C=O) groups excluding carboxylic acids is 1. The van der Waals surface area contributed by atoms with Crippen molar-refractivity contribution >= 4 is 23.2 Å². The van der Waals surface area contributed by atoms with Crippen molar-refractivity contribution in [3.05, 3.63) is 28.8 Å². The van der Waals surface area contributed by atoms with E-state index < -0.39 is 0 Å². The quantitative estimate of drug-likeness (QED) is 0.821. The third kappa shape index (κ3) is 3.44. The van der Waals surface area contributed by atoms with E-state index in [1.54, 1.807) is 25.3 Å². The van der Waals surface area contributed by atoms with Crippen LogP contribution in [0.4, 0.5) is 5.69 Å². The van der Waals surface area contributed by atoms with Crippen molar-refractivity contribution in [1.29, 1.82) is 0 Å². The lowest BCUT2D eigenvalue weighted by molar-refractivity contribution is 0.0594. The highest BCUT2D eigenvalue weighted by Crippen LogP contribution is 2.35. The number of halogens is 1. The van der Waals surface area contributed by atoms with Crippen LogP contribution in [-0.2, 0) is 4.74 Å². The number of hydrogen-bond donors (Lipinski definition) is 1. The molecule has 1 fully saturated rings. The molecule has 2 N–H and O–H groups in total. The van der Waals surface area contributed by atoms with Gasteiger partial charge in [0.05, 0.1) is 17.3 Å². The molecule has 1 saturated carbocycles. The molecule has 1 aromatic carbocycles. The molecule has 0 radical (unpaired) electrons. The van der Waals surface area contributed by atoms with E-state index in [1.165, 1.54) is 12.8 Å². The molecule has 0 aliphatic heterocycles. The van der Waals surface area contributed by atoms with Crippen LogP contribution in [0.25, 0.3) is 0 Å². The second-order valence-electron chi connectivity index (χ2n) is 5.31. The van der Waals surface area contributed by atoms with E-state index in [0.717, 1.165) is 0 Å². The Balaban J connectivity index is 2.17. The molecule has 0 aromatic heterocycles. The first kappa shape index (κ1) is 15.1. The minimum absolute atomic E-state index is 0.0108. The smallest absolute Gasteiger partial charge is 0.254 e. The van der Waals surface area contributed by atoms with Crippen molar-refractivity contribution in [3.8, 4) is 0 Å². The summed E-state index contributed by atoms with van der Waals surface area (Å²) >= 11 is 6.00. The summed E-state index contributed by atoms with van der Waals surface area (Å²) in [6.45, 7) is 3.23. The molecule has 5 heteroatoms. The Morgan fingerprint density at radius 1 is 1.55 bits per heavy atom. The summed E-state index contributed by atoms with van der Waals surface area (Å²) in [6, 6.07) is 5.27. The van der Waals surface area contributed by atoms with Crippen LogP contribution in [0.2, 0.25) is 5.02 Å². The monoisotopic (exact) mass is 296 g/mol. The second kappa shape index (κ2) is 6.46.